The van der Waals surface area contributed by atoms with Gasteiger partial charge in [-0.05, 0) is 24.6 Å². The lowest BCUT2D eigenvalue weighted by Gasteiger charge is -2.16. The molecule has 0 heterocycles. The maximum absolute atomic E-state index is 9.99. The van der Waals surface area contributed by atoms with Gasteiger partial charge in [0.25, 0.3) is 0 Å². The fourth-order valence-electron chi connectivity index (χ4n) is 1.53. The van der Waals surface area contributed by atoms with Crippen LogP contribution in [-0.2, 0) is 0 Å². The normalized spacial score (nSPS) is 13.8. The number of aliphatic hydroxyl groups excluding tert-OH is 1. The molecule has 1 rings (SSSR count). The summed E-state index contributed by atoms with van der Waals surface area (Å²) in [7, 11) is 1.61. The quantitative estimate of drug-likeness (QED) is 0.735. The maximum atomic E-state index is 9.99. The zero-order valence-electron chi connectivity index (χ0n) is 10.3. The Morgan fingerprint density at radius 3 is 2.94 bits per heavy atom. The Balaban J connectivity index is 2.52. The summed E-state index contributed by atoms with van der Waals surface area (Å²) in [5.74, 6) is 3.33. The molecule has 1 aromatic carbocycles. The highest BCUT2D eigenvalue weighted by molar-refractivity contribution is 5.29. The predicted molar refractivity (Wildman–Crippen MR) is 68.9 cm³/mol. The van der Waals surface area contributed by atoms with Gasteiger partial charge in [0.2, 0.25) is 0 Å². The molecule has 0 aliphatic carbocycles. The Kier molecular flexibility index (Phi) is 5.55. The van der Waals surface area contributed by atoms with Gasteiger partial charge < -0.3 is 15.2 Å². The molecule has 0 spiro atoms. The van der Waals surface area contributed by atoms with Gasteiger partial charge in [0.05, 0.1) is 13.2 Å². The summed E-state index contributed by atoms with van der Waals surface area (Å²) in [5, 5.41) is 13.2. The second-order valence-corrected chi connectivity index (χ2v) is 4.01. The first-order valence-corrected chi connectivity index (χ1v) is 5.66. The van der Waals surface area contributed by atoms with Crippen molar-refractivity contribution < 1.29 is 9.84 Å². The standard InChI is InChI=1S/C14H19NO2/c1-4-6-11(2)15-10-14(16)12-7-5-8-13(9-12)17-3/h1,5,7-9,11,14-16H,6,10H2,2-3H3. The minimum atomic E-state index is -0.551. The van der Waals surface area contributed by atoms with Crippen molar-refractivity contribution in [3.05, 3.63) is 29.8 Å². The lowest BCUT2D eigenvalue weighted by atomic mass is 10.1. The first kappa shape index (κ1) is 13.6. The third kappa shape index (κ3) is 4.48. The van der Waals surface area contributed by atoms with Crippen molar-refractivity contribution in [2.24, 2.45) is 0 Å². The first-order valence-electron chi connectivity index (χ1n) is 5.66. The van der Waals surface area contributed by atoms with Gasteiger partial charge in [-0.2, -0.15) is 0 Å². The van der Waals surface area contributed by atoms with E-state index in [0.717, 1.165) is 11.3 Å². The van der Waals surface area contributed by atoms with Gasteiger partial charge >= 0.3 is 0 Å². The highest BCUT2D eigenvalue weighted by Gasteiger charge is 2.09. The first-order chi connectivity index (χ1) is 8.17. The van der Waals surface area contributed by atoms with Crippen LogP contribution in [0.5, 0.6) is 5.75 Å². The van der Waals surface area contributed by atoms with E-state index < -0.39 is 6.10 Å². The lowest BCUT2D eigenvalue weighted by molar-refractivity contribution is 0.170. The van der Waals surface area contributed by atoms with E-state index in [1.54, 1.807) is 7.11 Å². The molecule has 0 amide bonds. The van der Waals surface area contributed by atoms with Crippen LogP contribution in [-0.4, -0.2) is 24.8 Å². The molecule has 0 fully saturated rings. The third-order valence-electron chi connectivity index (χ3n) is 2.56. The summed E-state index contributed by atoms with van der Waals surface area (Å²) < 4.78 is 5.11. The van der Waals surface area contributed by atoms with E-state index in [2.05, 4.69) is 11.2 Å². The molecule has 2 unspecified atom stereocenters. The number of hydrogen-bond donors (Lipinski definition) is 2. The van der Waals surface area contributed by atoms with Crippen molar-refractivity contribution in [2.45, 2.75) is 25.5 Å². The molecule has 2 atom stereocenters. The number of aliphatic hydroxyl groups is 1. The molecule has 2 N–H and O–H groups in total. The monoisotopic (exact) mass is 233 g/mol. The summed E-state index contributed by atoms with van der Waals surface area (Å²) in [5.41, 5.74) is 0.838. The van der Waals surface area contributed by atoms with Crippen LogP contribution in [0.1, 0.15) is 25.0 Å². The van der Waals surface area contributed by atoms with Gasteiger partial charge in [0, 0.05) is 19.0 Å². The van der Waals surface area contributed by atoms with Crippen LogP contribution in [0.25, 0.3) is 0 Å². The van der Waals surface area contributed by atoms with Crippen molar-refractivity contribution in [2.75, 3.05) is 13.7 Å². The van der Waals surface area contributed by atoms with Crippen LogP contribution in [0.15, 0.2) is 24.3 Å². The van der Waals surface area contributed by atoms with Gasteiger partial charge in [0.15, 0.2) is 0 Å². The van der Waals surface area contributed by atoms with Crippen molar-refractivity contribution >= 4 is 0 Å². The average Bonchev–Trinajstić information content (AvgIpc) is 2.36. The Morgan fingerprint density at radius 1 is 1.53 bits per heavy atom. The van der Waals surface area contributed by atoms with Crippen LogP contribution in [0.3, 0.4) is 0 Å². The van der Waals surface area contributed by atoms with E-state index in [0.29, 0.717) is 13.0 Å². The third-order valence-corrected chi connectivity index (χ3v) is 2.56. The average molecular weight is 233 g/mol. The molecule has 3 nitrogen and oxygen atoms in total. The highest BCUT2D eigenvalue weighted by Crippen LogP contribution is 2.18. The molecule has 3 heteroatoms. The summed E-state index contributed by atoms with van der Waals surface area (Å²) in [6.45, 7) is 2.48. The molecule has 17 heavy (non-hydrogen) atoms. The predicted octanol–water partition coefficient (Wildman–Crippen LogP) is 1.73. The molecule has 0 aliphatic rings. The van der Waals surface area contributed by atoms with Crippen molar-refractivity contribution in [1.29, 1.82) is 0 Å². The number of nitrogens with one attached hydrogen (secondary N) is 1. The molecule has 0 bridgehead atoms. The minimum absolute atomic E-state index is 0.209. The van der Waals surface area contributed by atoms with Gasteiger partial charge in [-0.15, -0.1) is 12.3 Å². The maximum Gasteiger partial charge on any atom is 0.119 e. The van der Waals surface area contributed by atoms with E-state index in [4.69, 9.17) is 11.2 Å². The van der Waals surface area contributed by atoms with E-state index in [1.807, 2.05) is 31.2 Å². The zero-order chi connectivity index (χ0) is 12.7. The van der Waals surface area contributed by atoms with Crippen molar-refractivity contribution in [1.82, 2.24) is 5.32 Å². The Labute approximate surface area is 103 Å². The van der Waals surface area contributed by atoms with Crippen molar-refractivity contribution in [3.8, 4) is 18.1 Å². The van der Waals surface area contributed by atoms with Crippen LogP contribution in [0.2, 0.25) is 0 Å². The number of benzene rings is 1. The molecule has 1 aromatic rings. The number of methoxy groups -OCH3 is 1. The molecule has 0 aliphatic heterocycles. The minimum Gasteiger partial charge on any atom is -0.497 e. The summed E-state index contributed by atoms with van der Waals surface area (Å²) in [4.78, 5) is 0. The summed E-state index contributed by atoms with van der Waals surface area (Å²) in [6.07, 6.45) is 5.32. The summed E-state index contributed by atoms with van der Waals surface area (Å²) >= 11 is 0. The van der Waals surface area contributed by atoms with E-state index in [1.165, 1.54) is 0 Å². The fourth-order valence-corrected chi connectivity index (χ4v) is 1.53. The smallest absolute Gasteiger partial charge is 0.119 e. The highest BCUT2D eigenvalue weighted by atomic mass is 16.5. The van der Waals surface area contributed by atoms with Crippen LogP contribution < -0.4 is 10.1 Å². The fraction of sp³-hybridized carbons (Fsp3) is 0.429. The van der Waals surface area contributed by atoms with Crippen LogP contribution >= 0.6 is 0 Å². The Hall–Kier alpha value is -1.50. The number of rotatable bonds is 6. The Morgan fingerprint density at radius 2 is 2.29 bits per heavy atom. The number of hydrogen-bond acceptors (Lipinski definition) is 3. The van der Waals surface area contributed by atoms with E-state index in [9.17, 15) is 5.11 Å². The number of ether oxygens (including phenoxy) is 1. The number of terminal acetylenes is 1. The van der Waals surface area contributed by atoms with Gasteiger partial charge in [-0.1, -0.05) is 12.1 Å². The second kappa shape index (κ2) is 6.95. The van der Waals surface area contributed by atoms with Gasteiger partial charge in [-0.25, -0.2) is 0 Å². The zero-order valence-corrected chi connectivity index (χ0v) is 10.3. The molecule has 0 radical (unpaired) electrons. The molecule has 92 valence electrons. The van der Waals surface area contributed by atoms with Crippen LogP contribution in [0, 0.1) is 12.3 Å². The largest absolute Gasteiger partial charge is 0.497 e. The van der Waals surface area contributed by atoms with Crippen molar-refractivity contribution in [3.63, 3.8) is 0 Å². The topological polar surface area (TPSA) is 41.5 Å². The molecular formula is C14H19NO2. The molecule has 0 saturated heterocycles. The van der Waals surface area contributed by atoms with E-state index in [-0.39, 0.29) is 6.04 Å². The lowest BCUT2D eigenvalue weighted by Crippen LogP contribution is -2.30. The van der Waals surface area contributed by atoms with Gasteiger partial charge in [0.1, 0.15) is 5.75 Å². The van der Waals surface area contributed by atoms with E-state index >= 15 is 0 Å². The molecule has 0 saturated carbocycles. The molecular weight excluding hydrogens is 214 g/mol. The SMILES string of the molecule is C#CCC(C)NCC(O)c1cccc(OC)c1. The summed E-state index contributed by atoms with van der Waals surface area (Å²) in [6, 6.07) is 7.63. The van der Waals surface area contributed by atoms with Crippen LogP contribution in [0.4, 0.5) is 0 Å². The van der Waals surface area contributed by atoms with Gasteiger partial charge in [-0.3, -0.25) is 0 Å². The Bertz CT molecular complexity index is 384. The molecule has 0 aromatic heterocycles. The second-order valence-electron chi connectivity index (χ2n) is 4.01.